The van der Waals surface area contributed by atoms with Crippen LogP contribution < -0.4 is 80.1 Å². The van der Waals surface area contributed by atoms with Gasteiger partial charge in [-0.2, -0.15) is 0 Å². The second kappa shape index (κ2) is 42.7. The minimum absolute atomic E-state index is 0. The summed E-state index contributed by atoms with van der Waals surface area (Å²) in [5.41, 5.74) is 34.5. The number of carboxylic acids is 1. The van der Waals surface area contributed by atoms with E-state index in [1.807, 2.05) is 0 Å². The third kappa shape index (κ3) is 99.9. The maximum atomic E-state index is 9.66. The summed E-state index contributed by atoms with van der Waals surface area (Å²) in [6, 6.07) is 0. The van der Waals surface area contributed by atoms with Crippen molar-refractivity contribution in [3.63, 3.8) is 0 Å². The summed E-state index contributed by atoms with van der Waals surface area (Å²) >= 11 is 0. The van der Waals surface area contributed by atoms with Crippen LogP contribution in [-0.4, -0.2) is 64.9 Å². The summed E-state index contributed by atoms with van der Waals surface area (Å²) in [6.45, 7) is 4.44. The van der Waals surface area contributed by atoms with Crippen LogP contribution in [0.2, 0.25) is 0 Å². The zero-order chi connectivity index (χ0) is 16.6. The Labute approximate surface area is 149 Å². The van der Waals surface area contributed by atoms with Crippen LogP contribution in [0.5, 0.6) is 0 Å². The van der Waals surface area contributed by atoms with E-state index in [1.165, 1.54) is 0 Å². The molecule has 0 aromatic carbocycles. The molecule has 0 radical (unpaired) electrons. The molecule has 0 atom stereocenters. The Morgan fingerprint density at radius 3 is 1.14 bits per heavy atom. The monoisotopic (exact) mass is 320 g/mol. The average Bonchev–Trinajstić information content (AvgIpc) is 2.48. The Kier molecular flexibility index (Phi) is 67.0. The number of hydrogen-bond donors (Lipinski definition) is 8. The molecule has 0 saturated carbocycles. The molecule has 126 valence electrons. The molecule has 0 amide bonds. The molecule has 0 saturated heterocycles. The zero-order valence-corrected chi connectivity index (χ0v) is 15.2. The first-order chi connectivity index (χ1) is 9.51. The number of carbonyl (C=O) groups excluding carboxylic acids is 1. The van der Waals surface area contributed by atoms with Crippen molar-refractivity contribution in [1.82, 2.24) is 5.32 Å². The number of carbonyl (C=O) groups is 1. The normalized spacial score (nSPS) is 7.76. The van der Waals surface area contributed by atoms with Gasteiger partial charge in [0.05, 0.1) is 5.97 Å². The van der Waals surface area contributed by atoms with Crippen LogP contribution in [0.25, 0.3) is 0 Å². The fraction of sp³-hybridized carbons (Fsp3) is 0.900. The van der Waals surface area contributed by atoms with Gasteiger partial charge in [0.25, 0.3) is 0 Å². The van der Waals surface area contributed by atoms with E-state index in [2.05, 4.69) is 5.32 Å². The first kappa shape index (κ1) is 32.9. The number of rotatable bonds is 7. The number of carboxylic acid groups (broad SMARTS) is 1. The van der Waals surface area contributed by atoms with E-state index in [4.69, 9.17) is 40.1 Å². The van der Waals surface area contributed by atoms with Gasteiger partial charge in [0.15, 0.2) is 0 Å². The Morgan fingerprint density at radius 1 is 0.714 bits per heavy atom. The van der Waals surface area contributed by atoms with Crippen LogP contribution in [0.15, 0.2) is 0 Å². The van der Waals surface area contributed by atoms with Gasteiger partial charge >= 0.3 is 29.6 Å². The molecule has 0 spiro atoms. The summed E-state index contributed by atoms with van der Waals surface area (Å²) in [5, 5.41) is 12.2. The molecule has 10 nitrogen and oxygen atoms in total. The zero-order valence-electron chi connectivity index (χ0n) is 13.2. The van der Waals surface area contributed by atoms with Gasteiger partial charge in [-0.05, 0) is 0 Å². The van der Waals surface area contributed by atoms with Gasteiger partial charge in [-0.25, -0.2) is 0 Å². The molecular weight excluding hydrogens is 287 g/mol. The van der Waals surface area contributed by atoms with Crippen LogP contribution in [0.1, 0.15) is 0 Å². The minimum Gasteiger partial charge on any atom is -0.549 e. The summed E-state index contributed by atoms with van der Waals surface area (Å²) < 4.78 is 0. The first-order valence-corrected chi connectivity index (χ1v) is 6.33. The van der Waals surface area contributed by atoms with E-state index in [1.54, 1.807) is 0 Å². The van der Waals surface area contributed by atoms with Gasteiger partial charge in [0.2, 0.25) is 0 Å². The molecule has 0 aliphatic carbocycles. The second-order valence-corrected chi connectivity index (χ2v) is 3.07. The number of hydrogen-bond acceptors (Lipinski definition) is 10. The molecule has 0 bridgehead atoms. The van der Waals surface area contributed by atoms with E-state index in [-0.39, 0.29) is 36.1 Å². The summed E-state index contributed by atoms with van der Waals surface area (Å²) in [6.07, 6.45) is 0. The van der Waals surface area contributed by atoms with Crippen molar-refractivity contribution >= 4 is 5.97 Å². The smallest absolute Gasteiger partial charge is 0.549 e. The van der Waals surface area contributed by atoms with E-state index >= 15 is 0 Å². The quantitative estimate of drug-likeness (QED) is 0.163. The van der Waals surface area contributed by atoms with E-state index < -0.39 is 5.97 Å². The minimum atomic E-state index is -1.10. The molecule has 0 rings (SSSR count). The Morgan fingerprint density at radius 2 is 1.00 bits per heavy atom. The maximum absolute atomic E-state index is 9.66. The Bertz CT molecular complexity index is 142. The molecule has 21 heavy (non-hydrogen) atoms. The van der Waals surface area contributed by atoms with Crippen LogP contribution >= 0.6 is 0 Å². The third-order valence-electron chi connectivity index (χ3n) is 1.09. The van der Waals surface area contributed by atoms with Crippen molar-refractivity contribution in [1.29, 1.82) is 0 Å². The Balaban J connectivity index is -0.0000000570. The number of nitrogens with one attached hydrogen (secondary N) is 1. The molecule has 0 heterocycles. The fourth-order valence-electron chi connectivity index (χ4n) is 0.293. The number of nitrogens with two attached hydrogens (primary N) is 7. The molecule has 15 N–H and O–H groups in total. The summed E-state index contributed by atoms with van der Waals surface area (Å²) in [7, 11) is 0. The van der Waals surface area contributed by atoms with E-state index in [9.17, 15) is 9.90 Å². The van der Waals surface area contributed by atoms with Gasteiger partial charge in [-0.3, -0.25) is 0 Å². The van der Waals surface area contributed by atoms with Crippen molar-refractivity contribution in [3.8, 4) is 0 Å². The van der Waals surface area contributed by atoms with Crippen molar-refractivity contribution in [3.05, 3.63) is 0 Å². The van der Waals surface area contributed by atoms with Gasteiger partial charge in [0.1, 0.15) is 0 Å². The average molecular weight is 320 g/mol. The van der Waals surface area contributed by atoms with Crippen LogP contribution in [-0.2, 0) is 4.79 Å². The molecule has 0 fully saturated rings. The standard InChI is InChI=1S/C4H10N2O2.3C2H8N2.Na/c5-1-2-6-3-4(7)8;3*3-1-2-4;/h6H,1-3,5H2,(H,7,8);3*1-4H2;/q;;;;+1/p-1. The predicted molar refractivity (Wildman–Crippen MR) is 81.3 cm³/mol. The first-order valence-electron chi connectivity index (χ1n) is 6.33. The molecule has 0 unspecified atom stereocenters. The van der Waals surface area contributed by atoms with Crippen LogP contribution in [0.4, 0.5) is 0 Å². The SMILES string of the molecule is NCCN.NCCN.NCCN.NCCNCC(=O)[O-].[Na+]. The van der Waals surface area contributed by atoms with Crippen LogP contribution in [0, 0.1) is 0 Å². The van der Waals surface area contributed by atoms with Crippen molar-refractivity contribution in [2.45, 2.75) is 0 Å². The molecule has 0 aromatic heterocycles. The topological polar surface area (TPSA) is 234 Å². The number of aliphatic carboxylic acids is 1. The van der Waals surface area contributed by atoms with Gasteiger partial charge in [-0.1, -0.05) is 0 Å². The van der Waals surface area contributed by atoms with Crippen molar-refractivity contribution < 1.29 is 39.5 Å². The second-order valence-electron chi connectivity index (χ2n) is 3.07. The van der Waals surface area contributed by atoms with E-state index in [0.29, 0.717) is 52.4 Å². The van der Waals surface area contributed by atoms with Gasteiger partial charge in [0, 0.05) is 58.9 Å². The van der Waals surface area contributed by atoms with E-state index in [0.717, 1.165) is 0 Å². The van der Waals surface area contributed by atoms with Crippen molar-refractivity contribution in [2.75, 3.05) is 58.9 Å². The van der Waals surface area contributed by atoms with Gasteiger partial charge < -0.3 is 55.4 Å². The predicted octanol–water partition coefficient (Wildman–Crippen LogP) is -9.00. The molecule has 11 heteroatoms. The molecular formula is C10H33N8NaO2. The largest absolute Gasteiger partial charge is 1.00 e. The maximum Gasteiger partial charge on any atom is 1.00 e. The van der Waals surface area contributed by atoms with Crippen molar-refractivity contribution in [2.24, 2.45) is 40.1 Å². The molecule has 0 aromatic rings. The fourth-order valence-corrected chi connectivity index (χ4v) is 0.293. The third-order valence-corrected chi connectivity index (χ3v) is 1.09. The summed E-state index contributed by atoms with van der Waals surface area (Å²) in [4.78, 5) is 9.66. The molecule has 0 aliphatic heterocycles. The summed E-state index contributed by atoms with van der Waals surface area (Å²) in [5.74, 6) is -1.10. The van der Waals surface area contributed by atoms with Crippen LogP contribution in [0.3, 0.4) is 0 Å². The molecule has 0 aliphatic rings. The van der Waals surface area contributed by atoms with Gasteiger partial charge in [-0.15, -0.1) is 0 Å². The Hall–Kier alpha value is 0.150.